The van der Waals surface area contributed by atoms with Gasteiger partial charge in [-0.1, -0.05) is 12.1 Å². The van der Waals surface area contributed by atoms with Gasteiger partial charge in [-0.05, 0) is 31.4 Å². The maximum atomic E-state index is 10.0. The van der Waals surface area contributed by atoms with Crippen LogP contribution in [0.15, 0.2) is 18.2 Å². The highest BCUT2D eigenvalue weighted by Crippen LogP contribution is 2.45. The van der Waals surface area contributed by atoms with Crippen LogP contribution in [0.2, 0.25) is 0 Å². The van der Waals surface area contributed by atoms with Gasteiger partial charge < -0.3 is 5.11 Å². The number of hydrogen-bond donors (Lipinski definition) is 1. The molecule has 0 spiro atoms. The average molecular weight is 202 g/mol. The van der Waals surface area contributed by atoms with E-state index in [1.54, 1.807) is 0 Å². The van der Waals surface area contributed by atoms with E-state index in [2.05, 4.69) is 17.2 Å². The molecule has 1 aliphatic rings. The summed E-state index contributed by atoms with van der Waals surface area (Å²) < 4.78 is 1.87. The Hall–Kier alpha value is -1.35. The molecule has 0 aliphatic heterocycles. The van der Waals surface area contributed by atoms with Gasteiger partial charge in [0.1, 0.15) is 0 Å². The molecule has 3 nitrogen and oxygen atoms in total. The van der Waals surface area contributed by atoms with Gasteiger partial charge in [0.2, 0.25) is 0 Å². The van der Waals surface area contributed by atoms with Crippen molar-refractivity contribution in [3.8, 4) is 0 Å². The average Bonchev–Trinajstić information content (AvgIpc) is 2.90. The predicted octanol–water partition coefficient (Wildman–Crippen LogP) is 1.86. The molecule has 0 atom stereocenters. The van der Waals surface area contributed by atoms with Crippen molar-refractivity contribution in [1.82, 2.24) is 9.78 Å². The third-order valence-electron chi connectivity index (χ3n) is 3.30. The quantitative estimate of drug-likeness (QED) is 0.766. The van der Waals surface area contributed by atoms with Crippen LogP contribution in [0.4, 0.5) is 0 Å². The highest BCUT2D eigenvalue weighted by atomic mass is 16.3. The summed E-state index contributed by atoms with van der Waals surface area (Å²) in [6, 6.07) is 6.13. The third-order valence-corrected chi connectivity index (χ3v) is 3.30. The lowest BCUT2D eigenvalue weighted by Crippen LogP contribution is -2.03. The van der Waals surface area contributed by atoms with Gasteiger partial charge in [-0.15, -0.1) is 0 Å². The van der Waals surface area contributed by atoms with Crippen molar-refractivity contribution in [1.29, 1.82) is 0 Å². The normalized spacial score (nSPS) is 18.3. The number of fused-ring (bicyclic) bond motifs is 1. The molecule has 0 amide bonds. The zero-order chi connectivity index (χ0) is 10.6. The molecular weight excluding hydrogens is 188 g/mol. The Morgan fingerprint density at radius 3 is 2.80 bits per heavy atom. The van der Waals surface area contributed by atoms with E-state index >= 15 is 0 Å². The topological polar surface area (TPSA) is 38.0 Å². The second-order valence-electron chi connectivity index (χ2n) is 4.47. The van der Waals surface area contributed by atoms with Crippen LogP contribution in [0.3, 0.4) is 0 Å². The molecule has 78 valence electrons. The lowest BCUT2D eigenvalue weighted by atomic mass is 10.1. The summed E-state index contributed by atoms with van der Waals surface area (Å²) in [6.45, 7) is 2.01. The molecule has 1 fully saturated rings. The highest BCUT2D eigenvalue weighted by molar-refractivity contribution is 5.82. The van der Waals surface area contributed by atoms with Gasteiger partial charge in [0.25, 0.3) is 0 Å². The van der Waals surface area contributed by atoms with E-state index in [9.17, 15) is 5.11 Å². The fourth-order valence-corrected chi connectivity index (χ4v) is 2.13. The summed E-state index contributed by atoms with van der Waals surface area (Å²) in [5, 5.41) is 15.6. The minimum Gasteiger partial charge on any atom is -0.385 e. The summed E-state index contributed by atoms with van der Waals surface area (Å²) in [6.07, 6.45) is 1.77. The zero-order valence-corrected chi connectivity index (χ0v) is 8.99. The fourth-order valence-electron chi connectivity index (χ4n) is 2.13. The smallest absolute Gasteiger partial charge is 0.0899 e. The molecule has 2 aromatic rings. The number of aryl methyl sites for hydroxylation is 2. The van der Waals surface area contributed by atoms with Crippen LogP contribution >= 0.6 is 0 Å². The number of rotatable bonds is 1. The SMILES string of the molecule is Cc1nn(C)c2cc(C3(O)CC3)ccc12. The molecule has 0 radical (unpaired) electrons. The third kappa shape index (κ3) is 1.20. The molecule has 1 aromatic heterocycles. The number of aliphatic hydroxyl groups is 1. The maximum absolute atomic E-state index is 10.0. The van der Waals surface area contributed by atoms with E-state index < -0.39 is 5.60 Å². The second-order valence-corrected chi connectivity index (χ2v) is 4.47. The molecule has 15 heavy (non-hydrogen) atoms. The molecule has 1 N–H and O–H groups in total. The number of hydrogen-bond acceptors (Lipinski definition) is 2. The standard InChI is InChI=1S/C12H14N2O/c1-8-10-4-3-9(12(15)5-6-12)7-11(10)14(2)13-8/h3-4,7,15H,5-6H2,1-2H3. The Balaban J connectivity index is 2.25. The predicted molar refractivity (Wildman–Crippen MR) is 58.6 cm³/mol. The van der Waals surface area contributed by atoms with Crippen molar-refractivity contribution in [3.05, 3.63) is 29.5 Å². The van der Waals surface area contributed by atoms with Crippen LogP contribution in [0.1, 0.15) is 24.1 Å². The van der Waals surface area contributed by atoms with Crippen LogP contribution in [0.5, 0.6) is 0 Å². The molecule has 0 bridgehead atoms. The summed E-state index contributed by atoms with van der Waals surface area (Å²) in [7, 11) is 1.94. The van der Waals surface area contributed by atoms with Crippen LogP contribution in [-0.2, 0) is 12.6 Å². The van der Waals surface area contributed by atoms with E-state index in [1.165, 1.54) is 5.39 Å². The largest absolute Gasteiger partial charge is 0.385 e. The van der Waals surface area contributed by atoms with Gasteiger partial charge in [-0.2, -0.15) is 5.10 Å². The van der Waals surface area contributed by atoms with Gasteiger partial charge >= 0.3 is 0 Å². The van der Waals surface area contributed by atoms with E-state index in [0.717, 1.165) is 29.6 Å². The Morgan fingerprint density at radius 2 is 2.13 bits per heavy atom. The zero-order valence-electron chi connectivity index (χ0n) is 8.99. The summed E-state index contributed by atoms with van der Waals surface area (Å²) in [4.78, 5) is 0. The molecule has 3 rings (SSSR count). The van der Waals surface area contributed by atoms with Crippen LogP contribution in [0, 0.1) is 6.92 Å². The molecular formula is C12H14N2O. The Morgan fingerprint density at radius 1 is 1.40 bits per heavy atom. The minimum absolute atomic E-state index is 0.549. The van der Waals surface area contributed by atoms with Crippen LogP contribution < -0.4 is 0 Å². The highest BCUT2D eigenvalue weighted by Gasteiger charge is 2.42. The lowest BCUT2D eigenvalue weighted by Gasteiger charge is -2.07. The first-order valence-electron chi connectivity index (χ1n) is 5.26. The molecule has 0 unspecified atom stereocenters. The van der Waals surface area contributed by atoms with Gasteiger partial charge in [-0.3, -0.25) is 4.68 Å². The second kappa shape index (κ2) is 2.61. The monoisotopic (exact) mass is 202 g/mol. The first-order chi connectivity index (χ1) is 7.10. The number of benzene rings is 1. The Labute approximate surface area is 88.3 Å². The minimum atomic E-state index is -0.549. The first-order valence-corrected chi connectivity index (χ1v) is 5.26. The lowest BCUT2D eigenvalue weighted by molar-refractivity contribution is 0.151. The molecule has 0 saturated heterocycles. The van der Waals surface area contributed by atoms with Crippen molar-refractivity contribution >= 4 is 10.9 Å². The molecule has 1 aliphatic carbocycles. The van der Waals surface area contributed by atoms with Crippen LogP contribution in [-0.4, -0.2) is 14.9 Å². The van der Waals surface area contributed by atoms with Crippen molar-refractivity contribution in [2.75, 3.05) is 0 Å². The summed E-state index contributed by atoms with van der Waals surface area (Å²) in [5.74, 6) is 0. The number of nitrogens with zero attached hydrogens (tertiary/aromatic N) is 2. The van der Waals surface area contributed by atoms with Gasteiger partial charge in [0, 0.05) is 12.4 Å². The van der Waals surface area contributed by atoms with Crippen molar-refractivity contribution in [2.24, 2.45) is 7.05 Å². The number of aromatic nitrogens is 2. The van der Waals surface area contributed by atoms with Crippen molar-refractivity contribution in [2.45, 2.75) is 25.4 Å². The molecule has 1 aromatic carbocycles. The molecule has 1 saturated carbocycles. The molecule has 3 heteroatoms. The molecule has 1 heterocycles. The maximum Gasteiger partial charge on any atom is 0.0899 e. The van der Waals surface area contributed by atoms with E-state index in [-0.39, 0.29) is 0 Å². The first kappa shape index (κ1) is 8.92. The Bertz CT molecular complexity index is 538. The summed E-state index contributed by atoms with van der Waals surface area (Å²) in [5.41, 5.74) is 2.62. The Kier molecular flexibility index (Phi) is 1.55. The fraction of sp³-hybridized carbons (Fsp3) is 0.417. The van der Waals surface area contributed by atoms with Crippen molar-refractivity contribution < 1.29 is 5.11 Å². The van der Waals surface area contributed by atoms with E-state index in [4.69, 9.17) is 0 Å². The van der Waals surface area contributed by atoms with Gasteiger partial charge in [0.15, 0.2) is 0 Å². The van der Waals surface area contributed by atoms with E-state index in [0.29, 0.717) is 0 Å². The van der Waals surface area contributed by atoms with Crippen LogP contribution in [0.25, 0.3) is 10.9 Å². The van der Waals surface area contributed by atoms with Gasteiger partial charge in [-0.25, -0.2) is 0 Å². The van der Waals surface area contributed by atoms with Gasteiger partial charge in [0.05, 0.1) is 16.8 Å². The van der Waals surface area contributed by atoms with E-state index in [1.807, 2.05) is 24.7 Å². The van der Waals surface area contributed by atoms with Crippen molar-refractivity contribution in [3.63, 3.8) is 0 Å². The summed E-state index contributed by atoms with van der Waals surface area (Å²) >= 11 is 0.